The van der Waals surface area contributed by atoms with Crippen LogP contribution in [0.2, 0.25) is 0 Å². The number of aliphatic carboxylic acids is 2. The Kier molecular flexibility index (Phi) is 5.91. The average molecular weight is 376 g/mol. The van der Waals surface area contributed by atoms with Crippen molar-refractivity contribution in [1.82, 2.24) is 0 Å². The lowest BCUT2D eigenvalue weighted by atomic mass is 10.0. The van der Waals surface area contributed by atoms with Crippen LogP contribution in [0, 0.1) is 0 Å². The Balaban J connectivity index is 2.04. The van der Waals surface area contributed by atoms with E-state index in [2.05, 4.69) is 10.6 Å². The van der Waals surface area contributed by atoms with Crippen LogP contribution in [0.15, 0.2) is 72.8 Å². The normalized spacial score (nSPS) is 10.3. The summed E-state index contributed by atoms with van der Waals surface area (Å²) in [6, 6.07) is 22.1. The number of rotatable bonds is 8. The minimum absolute atomic E-state index is 0.189. The molecule has 4 N–H and O–H groups in total. The number of carboxylic acid groups (broad SMARTS) is 2. The van der Waals surface area contributed by atoms with Gasteiger partial charge in [-0.3, -0.25) is 9.59 Å². The van der Waals surface area contributed by atoms with Gasteiger partial charge in [0, 0.05) is 22.7 Å². The van der Waals surface area contributed by atoms with Crippen LogP contribution in [0.4, 0.5) is 22.7 Å². The fourth-order valence-corrected chi connectivity index (χ4v) is 2.89. The number of nitrogens with one attached hydrogen (secondary N) is 2. The molecule has 3 aromatic rings. The van der Waals surface area contributed by atoms with Gasteiger partial charge in [-0.1, -0.05) is 36.4 Å². The third-order valence-corrected chi connectivity index (χ3v) is 4.12. The van der Waals surface area contributed by atoms with Crippen LogP contribution in [-0.2, 0) is 22.4 Å². The fraction of sp³-hybridized carbons (Fsp3) is 0.0909. The van der Waals surface area contributed by atoms with E-state index in [1.807, 2.05) is 60.7 Å². The topological polar surface area (TPSA) is 98.7 Å². The lowest BCUT2D eigenvalue weighted by Gasteiger charge is -2.18. The molecule has 0 radical (unpaired) electrons. The maximum atomic E-state index is 11.4. The molecule has 0 amide bonds. The van der Waals surface area contributed by atoms with E-state index in [1.54, 1.807) is 12.1 Å². The smallest absolute Gasteiger partial charge is 0.307 e. The van der Waals surface area contributed by atoms with Gasteiger partial charge in [0.2, 0.25) is 0 Å². The van der Waals surface area contributed by atoms with Crippen molar-refractivity contribution < 1.29 is 19.8 Å². The molecule has 0 saturated carbocycles. The minimum Gasteiger partial charge on any atom is -0.481 e. The number of benzene rings is 3. The molecule has 0 heterocycles. The van der Waals surface area contributed by atoms with Crippen molar-refractivity contribution in [1.29, 1.82) is 0 Å². The Morgan fingerprint density at radius 3 is 1.32 bits per heavy atom. The summed E-state index contributed by atoms with van der Waals surface area (Å²) in [5, 5.41) is 25.0. The van der Waals surface area contributed by atoms with Crippen molar-refractivity contribution in [3.05, 3.63) is 83.9 Å². The molecule has 0 fully saturated rings. The van der Waals surface area contributed by atoms with Crippen molar-refractivity contribution in [3.8, 4) is 0 Å². The second-order valence-electron chi connectivity index (χ2n) is 6.29. The Hall–Kier alpha value is -3.80. The first-order valence-corrected chi connectivity index (χ1v) is 8.75. The molecule has 0 atom stereocenters. The van der Waals surface area contributed by atoms with Crippen LogP contribution in [0.1, 0.15) is 11.1 Å². The van der Waals surface area contributed by atoms with E-state index in [-0.39, 0.29) is 12.8 Å². The molecule has 3 aromatic carbocycles. The van der Waals surface area contributed by atoms with Gasteiger partial charge in [-0.05, 0) is 47.5 Å². The van der Waals surface area contributed by atoms with Gasteiger partial charge in [-0.15, -0.1) is 0 Å². The highest BCUT2D eigenvalue weighted by Gasteiger charge is 2.15. The summed E-state index contributed by atoms with van der Waals surface area (Å²) in [6.45, 7) is 0. The van der Waals surface area contributed by atoms with Gasteiger partial charge >= 0.3 is 11.9 Å². The predicted molar refractivity (Wildman–Crippen MR) is 109 cm³/mol. The highest BCUT2D eigenvalue weighted by Crippen LogP contribution is 2.31. The van der Waals surface area contributed by atoms with Gasteiger partial charge in [-0.2, -0.15) is 0 Å². The summed E-state index contributed by atoms with van der Waals surface area (Å²) < 4.78 is 0. The third kappa shape index (κ3) is 5.11. The van der Waals surface area contributed by atoms with E-state index >= 15 is 0 Å². The number of anilines is 4. The zero-order chi connectivity index (χ0) is 19.9. The fourth-order valence-electron chi connectivity index (χ4n) is 2.89. The highest BCUT2D eigenvalue weighted by atomic mass is 16.4. The summed E-state index contributed by atoms with van der Waals surface area (Å²) in [5.74, 6) is -1.93. The average Bonchev–Trinajstić information content (AvgIpc) is 2.66. The van der Waals surface area contributed by atoms with Crippen LogP contribution >= 0.6 is 0 Å². The first-order valence-electron chi connectivity index (χ1n) is 8.75. The lowest BCUT2D eigenvalue weighted by molar-refractivity contribution is -0.137. The molecule has 0 unspecified atom stereocenters. The zero-order valence-electron chi connectivity index (χ0n) is 15.1. The Labute approximate surface area is 162 Å². The molecule has 0 aliphatic carbocycles. The summed E-state index contributed by atoms with van der Waals surface area (Å²) in [7, 11) is 0. The van der Waals surface area contributed by atoms with Crippen LogP contribution in [0.3, 0.4) is 0 Å². The van der Waals surface area contributed by atoms with Crippen molar-refractivity contribution in [2.45, 2.75) is 12.8 Å². The van der Waals surface area contributed by atoms with Crippen LogP contribution < -0.4 is 10.6 Å². The molecule has 142 valence electrons. The van der Waals surface area contributed by atoms with E-state index < -0.39 is 11.9 Å². The van der Waals surface area contributed by atoms with Crippen LogP contribution in [0.25, 0.3) is 0 Å². The van der Waals surface area contributed by atoms with Gasteiger partial charge in [0.15, 0.2) is 0 Å². The largest absolute Gasteiger partial charge is 0.481 e. The SMILES string of the molecule is O=C(O)Cc1cc(Nc2ccccc2)c(CC(=O)O)cc1Nc1ccccc1. The van der Waals surface area contributed by atoms with Gasteiger partial charge in [0.05, 0.1) is 12.8 Å². The van der Waals surface area contributed by atoms with E-state index in [0.717, 1.165) is 11.4 Å². The highest BCUT2D eigenvalue weighted by molar-refractivity contribution is 5.81. The molecular formula is C22H20N2O4. The van der Waals surface area contributed by atoms with Crippen molar-refractivity contribution >= 4 is 34.7 Å². The van der Waals surface area contributed by atoms with Gasteiger partial charge in [0.25, 0.3) is 0 Å². The first kappa shape index (κ1) is 19.0. The summed E-state index contributed by atoms with van der Waals surface area (Å²) in [6.07, 6.45) is -0.377. The molecule has 0 aliphatic rings. The maximum absolute atomic E-state index is 11.4. The van der Waals surface area contributed by atoms with Crippen molar-refractivity contribution in [2.75, 3.05) is 10.6 Å². The number of para-hydroxylation sites is 2. The number of hydrogen-bond acceptors (Lipinski definition) is 4. The van der Waals surface area contributed by atoms with E-state index in [0.29, 0.717) is 22.5 Å². The molecule has 28 heavy (non-hydrogen) atoms. The number of carbonyl (C=O) groups is 2. The molecule has 0 spiro atoms. The van der Waals surface area contributed by atoms with E-state index in [1.165, 1.54) is 0 Å². The second-order valence-corrected chi connectivity index (χ2v) is 6.29. The lowest BCUT2D eigenvalue weighted by Crippen LogP contribution is -2.09. The van der Waals surface area contributed by atoms with Gasteiger partial charge in [-0.25, -0.2) is 0 Å². The summed E-state index contributed by atoms with van der Waals surface area (Å²) >= 11 is 0. The maximum Gasteiger partial charge on any atom is 0.307 e. The number of carboxylic acids is 2. The molecule has 3 rings (SSSR count). The summed E-state index contributed by atoms with van der Waals surface area (Å²) in [5.41, 5.74) is 3.85. The van der Waals surface area contributed by atoms with Crippen molar-refractivity contribution in [2.24, 2.45) is 0 Å². The molecule has 0 aromatic heterocycles. The predicted octanol–water partition coefficient (Wildman–Crippen LogP) is 4.43. The molecular weight excluding hydrogens is 356 g/mol. The van der Waals surface area contributed by atoms with Crippen LogP contribution in [-0.4, -0.2) is 22.2 Å². The van der Waals surface area contributed by atoms with Crippen molar-refractivity contribution in [3.63, 3.8) is 0 Å². The first-order chi connectivity index (χ1) is 13.5. The Bertz CT molecular complexity index is 891. The van der Waals surface area contributed by atoms with E-state index in [4.69, 9.17) is 0 Å². The quantitative estimate of drug-likeness (QED) is 0.464. The Morgan fingerprint density at radius 2 is 1.00 bits per heavy atom. The number of hydrogen-bond donors (Lipinski definition) is 4. The molecule has 0 aliphatic heterocycles. The standard InChI is InChI=1S/C22H20N2O4/c25-21(26)13-15-12-20(24-18-9-5-2-6-10-18)16(14-22(27)28)11-19(15)23-17-7-3-1-4-8-17/h1-12,23-24H,13-14H2,(H,25,26)(H,27,28). The monoisotopic (exact) mass is 376 g/mol. The Morgan fingerprint density at radius 1 is 0.643 bits per heavy atom. The van der Waals surface area contributed by atoms with Crippen LogP contribution in [0.5, 0.6) is 0 Å². The molecule has 6 nitrogen and oxygen atoms in total. The molecule has 6 heteroatoms. The second kappa shape index (κ2) is 8.73. The zero-order valence-corrected chi connectivity index (χ0v) is 15.1. The third-order valence-electron chi connectivity index (χ3n) is 4.12. The summed E-state index contributed by atoms with van der Waals surface area (Å²) in [4.78, 5) is 22.7. The van der Waals surface area contributed by atoms with Gasteiger partial charge < -0.3 is 20.8 Å². The van der Waals surface area contributed by atoms with E-state index in [9.17, 15) is 19.8 Å². The molecule has 0 bridgehead atoms. The van der Waals surface area contributed by atoms with Gasteiger partial charge in [0.1, 0.15) is 0 Å². The minimum atomic E-state index is -0.965. The molecule has 0 saturated heterocycles.